The molecule has 1 fully saturated rings. The molecule has 1 aliphatic heterocycles. The van der Waals surface area contributed by atoms with Crippen molar-refractivity contribution in [3.05, 3.63) is 71.9 Å². The first-order valence-corrected chi connectivity index (χ1v) is 10.2. The van der Waals surface area contributed by atoms with E-state index in [4.69, 9.17) is 9.47 Å². The molecule has 34 heavy (non-hydrogen) atoms. The second-order valence-electron chi connectivity index (χ2n) is 7.31. The standard InChI is InChI=1S/C24H20N4O6/c1-14-18(12-13-19(29)20-21(30)25-24(32)26-22(20)31)23(28(27-14)15-6-4-3-5-7-15)34-17-10-8-16(33-2)9-11-17/h3-13,20H,1-2H3,(H2,25,26,30,31,32)/b13-12+. The van der Waals surface area contributed by atoms with Crippen molar-refractivity contribution in [3.8, 4) is 23.1 Å². The van der Waals surface area contributed by atoms with Gasteiger partial charge in [-0.25, -0.2) is 4.79 Å². The number of hydrogen-bond donors (Lipinski definition) is 2. The van der Waals surface area contributed by atoms with Crippen molar-refractivity contribution < 1.29 is 28.7 Å². The number of imide groups is 2. The molecule has 172 valence electrons. The lowest BCUT2D eigenvalue weighted by Gasteiger charge is -2.18. The molecule has 3 aromatic rings. The highest BCUT2D eigenvalue weighted by Gasteiger charge is 2.38. The van der Waals surface area contributed by atoms with Crippen LogP contribution in [0.3, 0.4) is 0 Å². The number of allylic oxidation sites excluding steroid dienone is 1. The van der Waals surface area contributed by atoms with E-state index in [1.165, 1.54) is 6.08 Å². The molecule has 2 N–H and O–H groups in total. The zero-order valence-corrected chi connectivity index (χ0v) is 18.3. The average molecular weight is 460 g/mol. The summed E-state index contributed by atoms with van der Waals surface area (Å²) in [6.45, 7) is 1.74. The lowest BCUT2D eigenvalue weighted by molar-refractivity contribution is -0.140. The van der Waals surface area contributed by atoms with Crippen LogP contribution in [0, 0.1) is 12.8 Å². The number of ketones is 1. The van der Waals surface area contributed by atoms with Gasteiger partial charge < -0.3 is 9.47 Å². The molecule has 10 nitrogen and oxygen atoms in total. The summed E-state index contributed by atoms with van der Waals surface area (Å²) in [7, 11) is 1.56. The summed E-state index contributed by atoms with van der Waals surface area (Å²) in [4.78, 5) is 47.8. The SMILES string of the molecule is COc1ccc(Oc2c(/C=C/C(=O)C3C(=O)NC(=O)NC3=O)c(C)nn2-c2ccccc2)cc1. The fraction of sp³-hybridized carbons (Fsp3) is 0.125. The number of rotatable bonds is 7. The molecule has 2 heterocycles. The van der Waals surface area contributed by atoms with Crippen LogP contribution in [0.1, 0.15) is 11.3 Å². The van der Waals surface area contributed by atoms with E-state index in [2.05, 4.69) is 5.10 Å². The van der Waals surface area contributed by atoms with Crippen LogP contribution < -0.4 is 20.1 Å². The third-order valence-corrected chi connectivity index (χ3v) is 5.03. The van der Waals surface area contributed by atoms with E-state index in [1.54, 1.807) is 43.0 Å². The van der Waals surface area contributed by atoms with Gasteiger partial charge in [0, 0.05) is 0 Å². The van der Waals surface area contributed by atoms with Gasteiger partial charge in [-0.1, -0.05) is 18.2 Å². The van der Waals surface area contributed by atoms with E-state index in [1.807, 2.05) is 41.0 Å². The van der Waals surface area contributed by atoms with E-state index < -0.39 is 29.5 Å². The molecule has 0 aliphatic carbocycles. The maximum Gasteiger partial charge on any atom is 0.328 e. The number of nitrogens with zero attached hydrogens (tertiary/aromatic N) is 2. The molecule has 10 heteroatoms. The molecule has 1 aliphatic rings. The van der Waals surface area contributed by atoms with Gasteiger partial charge in [-0.2, -0.15) is 9.78 Å². The third kappa shape index (κ3) is 4.56. The Hall–Kier alpha value is -4.73. The van der Waals surface area contributed by atoms with Gasteiger partial charge in [0.1, 0.15) is 11.5 Å². The number of hydrogen-bond acceptors (Lipinski definition) is 7. The summed E-state index contributed by atoms with van der Waals surface area (Å²) < 4.78 is 12.9. The first-order valence-electron chi connectivity index (χ1n) is 10.2. The minimum absolute atomic E-state index is 0.325. The van der Waals surface area contributed by atoms with Crippen molar-refractivity contribution in [3.63, 3.8) is 0 Å². The first kappa shape index (κ1) is 22.5. The zero-order chi connectivity index (χ0) is 24.2. The highest BCUT2D eigenvalue weighted by Crippen LogP contribution is 2.32. The Kier molecular flexibility index (Phi) is 6.22. The van der Waals surface area contributed by atoms with Crippen molar-refractivity contribution in [1.29, 1.82) is 0 Å². The number of carbonyl (C=O) groups is 4. The molecule has 0 radical (unpaired) electrons. The Labute approximate surface area is 194 Å². The molecule has 0 bridgehead atoms. The Bertz CT molecular complexity index is 1280. The molecule has 0 spiro atoms. The second kappa shape index (κ2) is 9.41. The van der Waals surface area contributed by atoms with Crippen LogP contribution in [-0.2, 0) is 14.4 Å². The van der Waals surface area contributed by atoms with Gasteiger partial charge in [-0.15, -0.1) is 0 Å². The van der Waals surface area contributed by atoms with Crippen molar-refractivity contribution in [1.82, 2.24) is 20.4 Å². The maximum atomic E-state index is 12.6. The number of para-hydroxylation sites is 1. The number of methoxy groups -OCH3 is 1. The molecule has 4 amide bonds. The Morgan fingerprint density at radius 1 is 0.971 bits per heavy atom. The number of amides is 4. The van der Waals surface area contributed by atoms with Gasteiger partial charge in [-0.05, 0) is 55.5 Å². The highest BCUT2D eigenvalue weighted by atomic mass is 16.5. The summed E-state index contributed by atoms with van der Waals surface area (Å²) in [5, 5.41) is 8.37. The van der Waals surface area contributed by atoms with Crippen molar-refractivity contribution in [2.45, 2.75) is 6.92 Å². The molecule has 1 saturated heterocycles. The number of ether oxygens (including phenoxy) is 2. The monoisotopic (exact) mass is 460 g/mol. The van der Waals surface area contributed by atoms with Gasteiger partial charge >= 0.3 is 6.03 Å². The predicted molar refractivity (Wildman–Crippen MR) is 121 cm³/mol. The number of aromatic nitrogens is 2. The summed E-state index contributed by atoms with van der Waals surface area (Å²) in [5.41, 5.74) is 1.74. The normalized spacial score (nSPS) is 14.1. The average Bonchev–Trinajstić information content (AvgIpc) is 3.13. The van der Waals surface area contributed by atoms with Crippen LogP contribution >= 0.6 is 0 Å². The van der Waals surface area contributed by atoms with Gasteiger partial charge in [-0.3, -0.25) is 25.0 Å². The molecular formula is C24H20N4O6. The smallest absolute Gasteiger partial charge is 0.328 e. The molecule has 0 atom stereocenters. The summed E-state index contributed by atoms with van der Waals surface area (Å²) >= 11 is 0. The van der Waals surface area contributed by atoms with Crippen molar-refractivity contribution in [2.75, 3.05) is 7.11 Å². The Morgan fingerprint density at radius 3 is 2.21 bits per heavy atom. The topological polar surface area (TPSA) is 129 Å². The largest absolute Gasteiger partial charge is 0.497 e. The molecular weight excluding hydrogens is 440 g/mol. The van der Waals surface area contributed by atoms with Gasteiger partial charge in [0.15, 0.2) is 11.7 Å². The fourth-order valence-electron chi connectivity index (χ4n) is 3.35. The van der Waals surface area contributed by atoms with E-state index in [0.29, 0.717) is 28.6 Å². The lowest BCUT2D eigenvalue weighted by atomic mass is 9.99. The lowest BCUT2D eigenvalue weighted by Crippen LogP contribution is -2.57. The minimum Gasteiger partial charge on any atom is -0.497 e. The molecule has 0 saturated carbocycles. The molecule has 1 aromatic heterocycles. The van der Waals surface area contributed by atoms with Crippen LogP contribution in [0.5, 0.6) is 17.4 Å². The molecule has 4 rings (SSSR count). The Balaban J connectivity index is 1.70. The maximum absolute atomic E-state index is 12.6. The number of urea groups is 1. The molecule has 0 unspecified atom stereocenters. The van der Waals surface area contributed by atoms with Gasteiger partial charge in [0.25, 0.3) is 0 Å². The summed E-state index contributed by atoms with van der Waals surface area (Å²) in [6.07, 6.45) is 2.53. The minimum atomic E-state index is -1.66. The summed E-state index contributed by atoms with van der Waals surface area (Å²) in [5.74, 6) is -2.92. The number of aryl methyl sites for hydroxylation is 1. The van der Waals surface area contributed by atoms with Gasteiger partial charge in [0.2, 0.25) is 17.7 Å². The van der Waals surface area contributed by atoms with Crippen LogP contribution in [0.4, 0.5) is 4.79 Å². The summed E-state index contributed by atoms with van der Waals surface area (Å²) in [6, 6.07) is 15.2. The predicted octanol–water partition coefficient (Wildman–Crippen LogP) is 2.55. The van der Waals surface area contributed by atoms with Crippen molar-refractivity contribution in [2.24, 2.45) is 5.92 Å². The van der Waals surface area contributed by atoms with Crippen LogP contribution in [0.2, 0.25) is 0 Å². The van der Waals surface area contributed by atoms with E-state index >= 15 is 0 Å². The van der Waals surface area contributed by atoms with E-state index in [-0.39, 0.29) is 0 Å². The number of carbonyl (C=O) groups excluding carboxylic acids is 4. The highest BCUT2D eigenvalue weighted by molar-refractivity contribution is 6.29. The Morgan fingerprint density at radius 2 is 1.59 bits per heavy atom. The first-order chi connectivity index (χ1) is 16.4. The zero-order valence-electron chi connectivity index (χ0n) is 18.3. The van der Waals surface area contributed by atoms with Crippen LogP contribution in [0.15, 0.2) is 60.7 Å². The third-order valence-electron chi connectivity index (χ3n) is 5.03. The van der Waals surface area contributed by atoms with Crippen LogP contribution in [0.25, 0.3) is 11.8 Å². The quantitative estimate of drug-likeness (QED) is 0.410. The van der Waals surface area contributed by atoms with E-state index in [0.717, 1.165) is 11.8 Å². The number of benzene rings is 2. The number of nitrogens with one attached hydrogen (secondary N) is 2. The second-order valence-corrected chi connectivity index (χ2v) is 7.31. The van der Waals surface area contributed by atoms with Crippen molar-refractivity contribution >= 4 is 29.7 Å². The molecule has 2 aromatic carbocycles. The van der Waals surface area contributed by atoms with E-state index in [9.17, 15) is 19.2 Å². The van der Waals surface area contributed by atoms with Crippen LogP contribution in [-0.4, -0.2) is 40.5 Å². The fourth-order valence-corrected chi connectivity index (χ4v) is 3.35. The van der Waals surface area contributed by atoms with Gasteiger partial charge in [0.05, 0.1) is 24.1 Å². The number of barbiturate groups is 1.